The molecule has 4 heterocycles. The van der Waals surface area contributed by atoms with Crippen LogP contribution in [0.5, 0.6) is 0 Å². The van der Waals surface area contributed by atoms with Gasteiger partial charge in [-0.15, -0.1) is 11.8 Å². The number of ether oxygens (including phenoxy) is 1. The maximum Gasteiger partial charge on any atom is 0.407 e. The minimum atomic E-state index is -1.40. The van der Waals surface area contributed by atoms with Crippen LogP contribution in [-0.4, -0.2) is 80.5 Å². The number of β-lactam (4-membered cyclic amide) rings is 1. The number of carbonyl (C=O) groups excluding carboxylic acids is 2. The molecule has 1 aliphatic carbocycles. The van der Waals surface area contributed by atoms with Crippen LogP contribution in [0.25, 0.3) is 10.9 Å². The van der Waals surface area contributed by atoms with E-state index in [1.807, 2.05) is 0 Å². The van der Waals surface area contributed by atoms with Gasteiger partial charge in [-0.2, -0.15) is 0 Å². The minimum absolute atomic E-state index is 0.00838. The Morgan fingerprint density at radius 1 is 1.17 bits per heavy atom. The normalized spacial score (nSPS) is 22.0. The van der Waals surface area contributed by atoms with Crippen molar-refractivity contribution in [1.82, 2.24) is 14.8 Å². The summed E-state index contributed by atoms with van der Waals surface area (Å²) in [5.41, 5.74) is -0.762. The smallest absolute Gasteiger partial charge is 0.407 e. The number of carbonyl (C=O) groups is 4. The van der Waals surface area contributed by atoms with Gasteiger partial charge in [0.25, 0.3) is 0 Å². The number of benzene rings is 1. The number of thioether (sulfide) groups is 1. The predicted molar refractivity (Wildman–Crippen MR) is 146 cm³/mol. The summed E-state index contributed by atoms with van der Waals surface area (Å²) in [5, 5.41) is 21.4. The molecule has 41 heavy (non-hydrogen) atoms. The first kappa shape index (κ1) is 27.4. The van der Waals surface area contributed by atoms with Crippen molar-refractivity contribution < 1.29 is 38.5 Å². The molecule has 1 aromatic carbocycles. The monoisotopic (exact) mass is 606 g/mol. The number of nitrogens with zero attached hydrogens (tertiary/aromatic N) is 3. The predicted octanol–water partition coefficient (Wildman–Crippen LogP) is 2.78. The molecular formula is C26H24ClFN4O8S. The van der Waals surface area contributed by atoms with Gasteiger partial charge in [-0.3, -0.25) is 14.5 Å². The standard InChI is InChI=1S/C26H24ClFN4O8S/c27-19-21-14(23(34)15(24(35)36)8-31(21)13-1-2-13)5-16(28)22(19)30-4-3-12(7-30)29-26(39)40-9-11-10-41-18-6-17(33)32(18)20(11)25(37)38/h5,8,12-13,18H,1-4,6-7,9-10H2,(H,29,39)(H,35,36)(H,37,38). The summed E-state index contributed by atoms with van der Waals surface area (Å²) >= 11 is 8.10. The van der Waals surface area contributed by atoms with E-state index in [4.69, 9.17) is 16.3 Å². The molecule has 216 valence electrons. The molecule has 1 saturated carbocycles. The number of fused-ring (bicyclic) bond motifs is 2. The van der Waals surface area contributed by atoms with Crippen molar-refractivity contribution >= 4 is 63.9 Å². The highest BCUT2D eigenvalue weighted by Crippen LogP contribution is 2.43. The van der Waals surface area contributed by atoms with Gasteiger partial charge >= 0.3 is 18.0 Å². The van der Waals surface area contributed by atoms with E-state index in [0.29, 0.717) is 24.3 Å². The number of aromatic nitrogens is 1. The summed E-state index contributed by atoms with van der Waals surface area (Å²) < 4.78 is 22.3. The van der Waals surface area contributed by atoms with Crippen LogP contribution in [0.1, 0.15) is 42.1 Å². The summed E-state index contributed by atoms with van der Waals surface area (Å²) in [7, 11) is 0. The molecule has 4 aliphatic rings. The fraction of sp³-hybridized carbons (Fsp3) is 0.423. The first-order valence-electron chi connectivity index (χ1n) is 12.9. The Morgan fingerprint density at radius 2 is 1.93 bits per heavy atom. The van der Waals surface area contributed by atoms with Gasteiger partial charge in [0.1, 0.15) is 23.7 Å². The summed E-state index contributed by atoms with van der Waals surface area (Å²) in [6.07, 6.45) is 2.73. The number of halogens is 2. The number of aliphatic carboxylic acids is 1. The van der Waals surface area contributed by atoms with Crippen molar-refractivity contribution in [2.45, 2.75) is 43.1 Å². The number of rotatable bonds is 7. The number of hydrogen-bond donors (Lipinski definition) is 3. The number of anilines is 1. The summed E-state index contributed by atoms with van der Waals surface area (Å²) in [6.45, 7) is 0.216. The van der Waals surface area contributed by atoms with Crippen LogP contribution in [0, 0.1) is 5.82 Å². The third kappa shape index (κ3) is 4.78. The maximum atomic E-state index is 15.4. The second-order valence-electron chi connectivity index (χ2n) is 10.4. The van der Waals surface area contributed by atoms with E-state index in [1.54, 1.807) is 9.47 Å². The lowest BCUT2D eigenvalue weighted by atomic mass is 10.1. The van der Waals surface area contributed by atoms with E-state index in [-0.39, 0.29) is 64.2 Å². The molecule has 1 aromatic heterocycles. The molecular weight excluding hydrogens is 583 g/mol. The molecule has 0 radical (unpaired) electrons. The number of aromatic carboxylic acids is 1. The topological polar surface area (TPSA) is 158 Å². The van der Waals surface area contributed by atoms with Gasteiger partial charge in [0.15, 0.2) is 0 Å². The lowest BCUT2D eigenvalue weighted by molar-refractivity contribution is -0.146. The summed E-state index contributed by atoms with van der Waals surface area (Å²) in [4.78, 5) is 63.5. The van der Waals surface area contributed by atoms with Crippen LogP contribution < -0.4 is 15.6 Å². The highest BCUT2D eigenvalue weighted by molar-refractivity contribution is 8.00. The Kier molecular flexibility index (Phi) is 6.85. The van der Waals surface area contributed by atoms with E-state index in [9.17, 15) is 34.2 Å². The van der Waals surface area contributed by atoms with Crippen LogP contribution in [0.15, 0.2) is 28.3 Å². The van der Waals surface area contributed by atoms with Gasteiger partial charge in [0.05, 0.1) is 39.4 Å². The van der Waals surface area contributed by atoms with Gasteiger partial charge in [-0.05, 0) is 25.3 Å². The molecule has 2 unspecified atom stereocenters. The Hall–Kier alpha value is -3.78. The molecule has 0 spiro atoms. The van der Waals surface area contributed by atoms with Gasteiger partial charge in [-0.25, -0.2) is 18.8 Å². The highest BCUT2D eigenvalue weighted by Gasteiger charge is 2.45. The average Bonchev–Trinajstić information content (AvgIpc) is 3.66. The fourth-order valence-corrected chi connectivity index (χ4v) is 7.20. The Bertz CT molecular complexity index is 1620. The molecule has 2 atom stereocenters. The van der Waals surface area contributed by atoms with E-state index >= 15 is 4.39 Å². The van der Waals surface area contributed by atoms with Crippen LogP contribution >= 0.6 is 23.4 Å². The highest BCUT2D eigenvalue weighted by atomic mass is 35.5. The van der Waals surface area contributed by atoms with Gasteiger partial charge in [-0.1, -0.05) is 11.6 Å². The van der Waals surface area contributed by atoms with Gasteiger partial charge < -0.3 is 29.7 Å². The van der Waals surface area contributed by atoms with E-state index in [2.05, 4.69) is 5.32 Å². The quantitative estimate of drug-likeness (QED) is 0.400. The zero-order valence-electron chi connectivity index (χ0n) is 21.4. The van der Waals surface area contributed by atoms with Crippen molar-refractivity contribution in [3.05, 3.63) is 50.2 Å². The van der Waals surface area contributed by atoms with Crippen molar-refractivity contribution in [3.63, 3.8) is 0 Å². The number of carboxylic acids is 2. The molecule has 2 saturated heterocycles. The molecule has 3 fully saturated rings. The van der Waals surface area contributed by atoms with Crippen LogP contribution in [0.2, 0.25) is 5.02 Å². The van der Waals surface area contributed by atoms with Crippen molar-refractivity contribution in [2.24, 2.45) is 0 Å². The van der Waals surface area contributed by atoms with E-state index < -0.39 is 40.9 Å². The number of carboxylic acid groups (broad SMARTS) is 2. The molecule has 0 bridgehead atoms. The third-order valence-corrected chi connectivity index (χ3v) is 9.33. The SMILES string of the molecule is O=C(NC1CCN(c2c(F)cc3c(=O)c(C(=O)O)cn(C4CC4)c3c2Cl)C1)OCC1=C(C(=O)O)N2C(=O)CC2SC1. The minimum Gasteiger partial charge on any atom is -0.477 e. The number of amides is 2. The third-order valence-electron chi connectivity index (χ3n) is 7.69. The van der Waals surface area contributed by atoms with Crippen LogP contribution in [0.3, 0.4) is 0 Å². The second kappa shape index (κ2) is 10.2. The van der Waals surface area contributed by atoms with Crippen molar-refractivity contribution in [1.29, 1.82) is 0 Å². The second-order valence-corrected chi connectivity index (χ2v) is 11.9. The first-order chi connectivity index (χ1) is 19.5. The van der Waals surface area contributed by atoms with Gasteiger partial charge in [0, 0.05) is 36.7 Å². The number of alkyl carbamates (subject to hydrolysis) is 1. The Balaban J connectivity index is 1.17. The molecule has 12 nitrogen and oxygen atoms in total. The summed E-state index contributed by atoms with van der Waals surface area (Å²) in [6, 6.07) is 0.533. The summed E-state index contributed by atoms with van der Waals surface area (Å²) in [5.74, 6) is -3.41. The molecule has 3 aliphatic heterocycles. The Morgan fingerprint density at radius 3 is 2.59 bits per heavy atom. The van der Waals surface area contributed by atoms with Crippen molar-refractivity contribution in [2.75, 3.05) is 30.3 Å². The van der Waals surface area contributed by atoms with Gasteiger partial charge in [0.2, 0.25) is 11.3 Å². The van der Waals surface area contributed by atoms with Crippen molar-refractivity contribution in [3.8, 4) is 0 Å². The molecule has 3 N–H and O–H groups in total. The number of hydrogen-bond acceptors (Lipinski definition) is 8. The largest absolute Gasteiger partial charge is 0.477 e. The van der Waals surface area contributed by atoms with Crippen LogP contribution in [-0.2, 0) is 14.3 Å². The molecule has 6 rings (SSSR count). The number of nitrogens with one attached hydrogen (secondary N) is 1. The molecule has 15 heteroatoms. The van der Waals surface area contributed by atoms with E-state index in [1.165, 1.54) is 22.9 Å². The lowest BCUT2D eigenvalue weighted by Gasteiger charge is -2.43. The zero-order valence-corrected chi connectivity index (χ0v) is 23.0. The maximum absolute atomic E-state index is 15.4. The lowest BCUT2D eigenvalue weighted by Crippen LogP contribution is -2.54. The zero-order chi connectivity index (χ0) is 29.2. The molecule has 2 amide bonds. The van der Waals surface area contributed by atoms with E-state index in [0.717, 1.165) is 18.9 Å². The van der Waals surface area contributed by atoms with Crippen LogP contribution in [0.4, 0.5) is 14.9 Å². The number of pyridine rings is 1. The molecule has 2 aromatic rings. The Labute approximate surface area is 240 Å². The average molecular weight is 607 g/mol. The fourth-order valence-electron chi connectivity index (χ4n) is 5.55. The first-order valence-corrected chi connectivity index (χ1v) is 14.3.